The van der Waals surface area contributed by atoms with Crippen molar-refractivity contribution in [2.24, 2.45) is 23.7 Å². The largest absolute Gasteiger partial charge is 0.550 e. The van der Waals surface area contributed by atoms with E-state index < -0.39 is 17.8 Å². The maximum Gasteiger partial charge on any atom is 0.224 e. The lowest BCUT2D eigenvalue weighted by molar-refractivity contribution is -0.908. The highest BCUT2D eigenvalue weighted by molar-refractivity contribution is 5.86. The Bertz CT molecular complexity index is 459. The van der Waals surface area contributed by atoms with E-state index in [-0.39, 0.29) is 17.7 Å². The Kier molecular flexibility index (Phi) is 4.78. The van der Waals surface area contributed by atoms with E-state index in [9.17, 15) is 14.7 Å². The number of carbonyl (C=O) groups is 2. The number of ether oxygens (including phenoxy) is 1. The Morgan fingerprint density at radius 1 is 1.18 bits per heavy atom. The number of fused-ring (bicyclic) bond motifs is 2. The predicted octanol–water partition coefficient (Wildman–Crippen LogP) is -2.40. The van der Waals surface area contributed by atoms with Crippen molar-refractivity contribution in [2.45, 2.75) is 12.8 Å². The Balaban J connectivity index is 1.43. The van der Waals surface area contributed by atoms with Crippen molar-refractivity contribution < 1.29 is 24.3 Å². The molecule has 122 valence electrons. The number of quaternary nitrogens is 1. The van der Waals surface area contributed by atoms with Crippen LogP contribution >= 0.6 is 0 Å². The van der Waals surface area contributed by atoms with Crippen molar-refractivity contribution in [1.82, 2.24) is 5.32 Å². The Morgan fingerprint density at radius 3 is 2.55 bits per heavy atom. The van der Waals surface area contributed by atoms with Crippen LogP contribution in [0.25, 0.3) is 0 Å². The Labute approximate surface area is 130 Å². The summed E-state index contributed by atoms with van der Waals surface area (Å²) in [7, 11) is 0. The fourth-order valence-corrected chi connectivity index (χ4v) is 4.08. The third kappa shape index (κ3) is 3.17. The number of carbonyl (C=O) groups excluding carboxylic acids is 2. The van der Waals surface area contributed by atoms with Crippen molar-refractivity contribution in [3.05, 3.63) is 12.2 Å². The molecule has 22 heavy (non-hydrogen) atoms. The third-order valence-corrected chi connectivity index (χ3v) is 5.24. The van der Waals surface area contributed by atoms with Crippen molar-refractivity contribution >= 4 is 11.9 Å². The fraction of sp³-hybridized carbons (Fsp3) is 0.750. The molecule has 1 amide bonds. The lowest BCUT2D eigenvalue weighted by Gasteiger charge is -2.28. The maximum absolute atomic E-state index is 12.3. The summed E-state index contributed by atoms with van der Waals surface area (Å²) in [5.74, 6) is -2.27. The second-order valence-corrected chi connectivity index (χ2v) is 6.58. The average molecular weight is 308 g/mol. The van der Waals surface area contributed by atoms with Crippen LogP contribution in [-0.4, -0.2) is 51.3 Å². The van der Waals surface area contributed by atoms with Crippen LogP contribution in [0.1, 0.15) is 12.8 Å². The minimum absolute atomic E-state index is 0.0245. The molecule has 2 aliphatic carbocycles. The Morgan fingerprint density at radius 2 is 1.86 bits per heavy atom. The summed E-state index contributed by atoms with van der Waals surface area (Å²) in [6.45, 7) is 5.30. The summed E-state index contributed by atoms with van der Waals surface area (Å²) >= 11 is 0. The Hall–Kier alpha value is -1.40. The molecule has 3 rings (SSSR count). The summed E-state index contributed by atoms with van der Waals surface area (Å²) in [6, 6.07) is 0. The summed E-state index contributed by atoms with van der Waals surface area (Å²) in [6.07, 6.45) is 5.60. The van der Waals surface area contributed by atoms with Gasteiger partial charge in [-0.05, 0) is 18.3 Å². The zero-order valence-electron chi connectivity index (χ0n) is 12.8. The van der Waals surface area contributed by atoms with Crippen LogP contribution in [0.4, 0.5) is 0 Å². The molecule has 0 spiro atoms. The molecule has 0 aromatic heterocycles. The summed E-state index contributed by atoms with van der Waals surface area (Å²) in [5, 5.41) is 14.2. The first kappa shape index (κ1) is 15.5. The maximum atomic E-state index is 12.3. The minimum Gasteiger partial charge on any atom is -0.550 e. The number of allylic oxidation sites excluding steroid dienone is 2. The smallest absolute Gasteiger partial charge is 0.224 e. The number of aliphatic carboxylic acids is 1. The van der Waals surface area contributed by atoms with Gasteiger partial charge in [-0.15, -0.1) is 0 Å². The van der Waals surface area contributed by atoms with E-state index in [1.807, 2.05) is 12.2 Å². The molecule has 3 aliphatic rings. The monoisotopic (exact) mass is 308 g/mol. The van der Waals surface area contributed by atoms with Gasteiger partial charge in [0.1, 0.15) is 13.1 Å². The molecule has 2 bridgehead atoms. The van der Waals surface area contributed by atoms with Crippen LogP contribution < -0.4 is 15.3 Å². The van der Waals surface area contributed by atoms with Gasteiger partial charge in [-0.2, -0.15) is 0 Å². The number of amides is 1. The number of morpholine rings is 1. The van der Waals surface area contributed by atoms with E-state index >= 15 is 0 Å². The summed E-state index contributed by atoms with van der Waals surface area (Å²) < 4.78 is 5.32. The molecule has 6 nitrogen and oxygen atoms in total. The van der Waals surface area contributed by atoms with Gasteiger partial charge < -0.3 is 24.9 Å². The second-order valence-electron chi connectivity index (χ2n) is 6.58. The van der Waals surface area contributed by atoms with Crippen molar-refractivity contribution in [2.75, 3.05) is 39.4 Å². The molecule has 0 radical (unpaired) electrons. The summed E-state index contributed by atoms with van der Waals surface area (Å²) in [4.78, 5) is 25.2. The SMILES string of the molecule is O=C([O-])[C@H]1[C@H](C(=O)NCCC[NH+]2CCOCC2)[C@H]2C=C[C@@H]1C2. The van der Waals surface area contributed by atoms with Gasteiger partial charge in [-0.3, -0.25) is 4.79 Å². The van der Waals surface area contributed by atoms with E-state index in [0.29, 0.717) is 6.54 Å². The normalized spacial score (nSPS) is 34.0. The van der Waals surface area contributed by atoms with Crippen LogP contribution in [0, 0.1) is 23.7 Å². The van der Waals surface area contributed by atoms with Crippen LogP contribution in [0.2, 0.25) is 0 Å². The molecule has 4 atom stereocenters. The lowest BCUT2D eigenvalue weighted by Crippen LogP contribution is -3.14. The van der Waals surface area contributed by atoms with Crippen molar-refractivity contribution in [1.29, 1.82) is 0 Å². The van der Waals surface area contributed by atoms with E-state index in [2.05, 4.69) is 5.32 Å². The number of rotatable bonds is 6. The van der Waals surface area contributed by atoms with E-state index in [1.54, 1.807) is 0 Å². The van der Waals surface area contributed by atoms with Gasteiger partial charge in [0.25, 0.3) is 0 Å². The quantitative estimate of drug-likeness (QED) is 0.423. The van der Waals surface area contributed by atoms with E-state index in [4.69, 9.17) is 4.74 Å². The zero-order chi connectivity index (χ0) is 15.5. The van der Waals surface area contributed by atoms with E-state index in [1.165, 1.54) is 4.90 Å². The number of hydrogen-bond donors (Lipinski definition) is 2. The van der Waals surface area contributed by atoms with Crippen molar-refractivity contribution in [3.8, 4) is 0 Å². The van der Waals surface area contributed by atoms with Crippen LogP contribution in [0.15, 0.2) is 12.2 Å². The predicted molar refractivity (Wildman–Crippen MR) is 76.7 cm³/mol. The molecule has 2 N–H and O–H groups in total. The first-order chi connectivity index (χ1) is 10.7. The molecule has 1 aliphatic heterocycles. The fourth-order valence-electron chi connectivity index (χ4n) is 4.08. The van der Waals surface area contributed by atoms with E-state index in [0.717, 1.165) is 45.7 Å². The molecule has 6 heteroatoms. The summed E-state index contributed by atoms with van der Waals surface area (Å²) in [5.41, 5.74) is 0. The number of carboxylic acid groups (broad SMARTS) is 1. The average Bonchev–Trinajstić information content (AvgIpc) is 3.13. The second kappa shape index (κ2) is 6.79. The minimum atomic E-state index is -1.09. The van der Waals surface area contributed by atoms with Gasteiger partial charge in [0.2, 0.25) is 5.91 Å². The highest BCUT2D eigenvalue weighted by Gasteiger charge is 2.48. The van der Waals surface area contributed by atoms with Gasteiger partial charge in [-0.1, -0.05) is 12.2 Å². The molecular weight excluding hydrogens is 284 g/mol. The standard InChI is InChI=1S/C16H24N2O4/c19-15(17-4-1-5-18-6-8-22-9-7-18)13-11-2-3-12(10-11)14(13)16(20)21/h2-3,11-14H,1,4-10H2,(H,17,19)(H,20,21)/t11-,12+,13+,14+/m0/s1. The third-order valence-electron chi connectivity index (χ3n) is 5.24. The number of hydrogen-bond acceptors (Lipinski definition) is 4. The number of nitrogens with one attached hydrogen (secondary N) is 2. The molecule has 0 aromatic carbocycles. The highest BCUT2D eigenvalue weighted by Crippen LogP contribution is 2.47. The van der Waals surface area contributed by atoms with Crippen LogP contribution in [0.5, 0.6) is 0 Å². The first-order valence-electron chi connectivity index (χ1n) is 8.25. The van der Waals surface area contributed by atoms with Gasteiger partial charge >= 0.3 is 0 Å². The van der Waals surface area contributed by atoms with Gasteiger partial charge in [0, 0.05) is 24.9 Å². The molecular formula is C16H24N2O4. The molecule has 1 saturated heterocycles. The van der Waals surface area contributed by atoms with Gasteiger partial charge in [-0.25, -0.2) is 0 Å². The van der Waals surface area contributed by atoms with Crippen LogP contribution in [0.3, 0.4) is 0 Å². The highest BCUT2D eigenvalue weighted by atomic mass is 16.5. The first-order valence-corrected chi connectivity index (χ1v) is 8.25. The number of carboxylic acids is 1. The topological polar surface area (TPSA) is 82.9 Å². The molecule has 0 aromatic rings. The van der Waals surface area contributed by atoms with Gasteiger partial charge in [0.15, 0.2) is 0 Å². The van der Waals surface area contributed by atoms with Crippen molar-refractivity contribution in [3.63, 3.8) is 0 Å². The van der Waals surface area contributed by atoms with Gasteiger partial charge in [0.05, 0.1) is 25.7 Å². The molecule has 1 saturated carbocycles. The zero-order valence-corrected chi connectivity index (χ0v) is 12.8. The van der Waals surface area contributed by atoms with Crippen LogP contribution in [-0.2, 0) is 14.3 Å². The lowest BCUT2D eigenvalue weighted by atomic mass is 9.82. The molecule has 2 fully saturated rings. The molecule has 1 heterocycles. The molecule has 0 unspecified atom stereocenters.